The van der Waals surface area contributed by atoms with E-state index in [1.165, 1.54) is 35.9 Å². The van der Waals surface area contributed by atoms with E-state index < -0.39 is 29.7 Å². The summed E-state index contributed by atoms with van der Waals surface area (Å²) in [6.07, 6.45) is 1.72. The van der Waals surface area contributed by atoms with Gasteiger partial charge in [0.15, 0.2) is 17.7 Å². The van der Waals surface area contributed by atoms with E-state index in [4.69, 9.17) is 9.47 Å². The molecule has 1 amide bonds. The van der Waals surface area contributed by atoms with Crippen LogP contribution in [0.3, 0.4) is 0 Å². The summed E-state index contributed by atoms with van der Waals surface area (Å²) in [5.74, 6) is -2.69. The summed E-state index contributed by atoms with van der Waals surface area (Å²) in [6.45, 7) is 0.488. The van der Waals surface area contributed by atoms with Crippen molar-refractivity contribution < 1.29 is 33.0 Å². The molecular formula is C27H25F2NO5S. The molecule has 1 N–H and O–H groups in total. The second kappa shape index (κ2) is 11.1. The van der Waals surface area contributed by atoms with Crippen LogP contribution >= 0.6 is 11.8 Å². The van der Waals surface area contributed by atoms with Gasteiger partial charge < -0.3 is 19.5 Å². The van der Waals surface area contributed by atoms with Gasteiger partial charge in [-0.2, -0.15) is 0 Å². The standard InChI is InChI=1S/C27H25F2NO5S/c1-34-23-10-11-30(25(23)27(32)33)26(31)18-5-3-4-16(12-18)15-35-19-8-6-17(7-9-19)20-13-21(28)22(29)14-24(20)36-2/h3-9,12-14,23,25H,10-11,15H2,1-2H3,(H,32,33)/t23-,25-/m0/s1. The van der Waals surface area contributed by atoms with Gasteiger partial charge >= 0.3 is 5.97 Å². The fraction of sp³-hybridized carbons (Fsp3) is 0.259. The molecule has 0 saturated carbocycles. The van der Waals surface area contributed by atoms with Gasteiger partial charge in [0.25, 0.3) is 5.91 Å². The van der Waals surface area contributed by atoms with Crippen LogP contribution in [0.2, 0.25) is 0 Å². The van der Waals surface area contributed by atoms with Gasteiger partial charge in [0.1, 0.15) is 12.4 Å². The first-order valence-electron chi connectivity index (χ1n) is 11.2. The number of hydrogen-bond acceptors (Lipinski definition) is 5. The fourth-order valence-corrected chi connectivity index (χ4v) is 4.93. The highest BCUT2D eigenvalue weighted by Gasteiger charge is 2.42. The monoisotopic (exact) mass is 513 g/mol. The van der Waals surface area contributed by atoms with Gasteiger partial charge in [-0.25, -0.2) is 13.6 Å². The Morgan fingerprint density at radius 2 is 1.81 bits per heavy atom. The number of carboxylic acids is 1. The third-order valence-electron chi connectivity index (χ3n) is 6.15. The number of aliphatic carboxylic acids is 1. The zero-order valence-electron chi connectivity index (χ0n) is 19.7. The van der Waals surface area contributed by atoms with Crippen molar-refractivity contribution in [1.29, 1.82) is 0 Å². The lowest BCUT2D eigenvalue weighted by Crippen LogP contribution is -2.45. The summed E-state index contributed by atoms with van der Waals surface area (Å²) in [7, 11) is 1.44. The third kappa shape index (κ3) is 5.37. The predicted octanol–water partition coefficient (Wildman–Crippen LogP) is 5.25. The van der Waals surface area contributed by atoms with Gasteiger partial charge in [-0.3, -0.25) is 4.79 Å². The molecular weight excluding hydrogens is 488 g/mol. The summed E-state index contributed by atoms with van der Waals surface area (Å²) in [6, 6.07) is 15.2. The lowest BCUT2D eigenvalue weighted by Gasteiger charge is -2.24. The van der Waals surface area contributed by atoms with E-state index in [1.54, 1.807) is 48.7 Å². The first kappa shape index (κ1) is 25.7. The van der Waals surface area contributed by atoms with Crippen LogP contribution in [0.15, 0.2) is 65.6 Å². The zero-order valence-corrected chi connectivity index (χ0v) is 20.6. The molecule has 6 nitrogen and oxygen atoms in total. The first-order valence-corrected chi connectivity index (χ1v) is 12.5. The minimum absolute atomic E-state index is 0.185. The number of methoxy groups -OCH3 is 1. The molecule has 4 rings (SSSR count). The average Bonchev–Trinajstić information content (AvgIpc) is 3.33. The largest absolute Gasteiger partial charge is 0.489 e. The van der Waals surface area contributed by atoms with E-state index in [1.807, 2.05) is 6.07 Å². The minimum Gasteiger partial charge on any atom is -0.489 e. The Kier molecular flexibility index (Phi) is 7.91. The maximum Gasteiger partial charge on any atom is 0.329 e. The molecule has 0 unspecified atom stereocenters. The topological polar surface area (TPSA) is 76.1 Å². The van der Waals surface area contributed by atoms with Crippen molar-refractivity contribution in [3.05, 3.63) is 83.4 Å². The predicted molar refractivity (Wildman–Crippen MR) is 132 cm³/mol. The van der Waals surface area contributed by atoms with Crippen molar-refractivity contribution in [2.24, 2.45) is 0 Å². The smallest absolute Gasteiger partial charge is 0.329 e. The Bertz CT molecular complexity index is 1270. The molecule has 1 heterocycles. The Balaban J connectivity index is 1.45. The number of rotatable bonds is 8. The van der Waals surface area contributed by atoms with Crippen LogP contribution in [-0.4, -0.2) is 53.9 Å². The summed E-state index contributed by atoms with van der Waals surface area (Å²) in [4.78, 5) is 26.7. The Hall–Kier alpha value is -3.43. The van der Waals surface area contributed by atoms with Gasteiger partial charge in [-0.15, -0.1) is 11.8 Å². The molecule has 0 radical (unpaired) electrons. The zero-order chi connectivity index (χ0) is 25.8. The summed E-state index contributed by atoms with van der Waals surface area (Å²) < 4.78 is 38.5. The SMILES string of the molecule is CO[C@H]1CCN(C(=O)c2cccc(COc3ccc(-c4cc(F)c(F)cc4SC)cc3)c2)[C@@H]1C(=O)O. The Labute approximate surface area is 211 Å². The maximum absolute atomic E-state index is 13.8. The molecule has 1 aliphatic rings. The van der Waals surface area contributed by atoms with Gasteiger partial charge in [-0.1, -0.05) is 24.3 Å². The number of halogens is 2. The number of carboxylic acid groups (broad SMARTS) is 1. The van der Waals surface area contributed by atoms with Gasteiger partial charge in [0, 0.05) is 24.1 Å². The fourth-order valence-electron chi connectivity index (χ4n) is 4.31. The minimum atomic E-state index is -1.09. The van der Waals surface area contributed by atoms with Crippen molar-refractivity contribution in [2.75, 3.05) is 19.9 Å². The van der Waals surface area contributed by atoms with Gasteiger partial charge in [0.05, 0.1) is 6.10 Å². The highest BCUT2D eigenvalue weighted by atomic mass is 32.2. The van der Waals surface area contributed by atoms with E-state index in [-0.39, 0.29) is 12.5 Å². The Morgan fingerprint density at radius 3 is 2.47 bits per heavy atom. The quantitative estimate of drug-likeness (QED) is 0.415. The number of ether oxygens (including phenoxy) is 2. The highest BCUT2D eigenvalue weighted by molar-refractivity contribution is 7.98. The van der Waals surface area contributed by atoms with E-state index >= 15 is 0 Å². The molecule has 3 aromatic carbocycles. The van der Waals surface area contributed by atoms with E-state index in [9.17, 15) is 23.5 Å². The summed E-state index contributed by atoms with van der Waals surface area (Å²) >= 11 is 1.33. The average molecular weight is 514 g/mol. The number of thioether (sulfide) groups is 1. The number of amides is 1. The van der Waals surface area contributed by atoms with Crippen molar-refractivity contribution in [3.63, 3.8) is 0 Å². The number of carbonyl (C=O) groups is 2. The van der Waals surface area contributed by atoms with E-state index in [0.29, 0.717) is 34.7 Å². The molecule has 0 spiro atoms. The number of hydrogen-bond donors (Lipinski definition) is 1. The number of likely N-dealkylation sites (tertiary alicyclic amines) is 1. The van der Waals surface area contributed by atoms with Crippen LogP contribution in [-0.2, 0) is 16.1 Å². The number of nitrogens with zero attached hydrogens (tertiary/aromatic N) is 1. The van der Waals surface area contributed by atoms with Crippen LogP contribution < -0.4 is 4.74 Å². The second-order valence-corrected chi connectivity index (χ2v) is 9.17. The van der Waals surface area contributed by atoms with Crippen LogP contribution in [0.4, 0.5) is 8.78 Å². The Morgan fingerprint density at radius 1 is 1.08 bits per heavy atom. The van der Waals surface area contributed by atoms with Crippen molar-refractivity contribution in [1.82, 2.24) is 4.90 Å². The molecule has 188 valence electrons. The molecule has 36 heavy (non-hydrogen) atoms. The molecule has 0 aromatic heterocycles. The van der Waals surface area contributed by atoms with Crippen LogP contribution in [0, 0.1) is 11.6 Å². The van der Waals surface area contributed by atoms with Crippen LogP contribution in [0.1, 0.15) is 22.3 Å². The molecule has 1 aliphatic heterocycles. The number of benzene rings is 3. The molecule has 2 atom stereocenters. The third-order valence-corrected chi connectivity index (χ3v) is 6.92. The lowest BCUT2D eigenvalue weighted by atomic mass is 10.1. The molecule has 3 aromatic rings. The van der Waals surface area contributed by atoms with Crippen LogP contribution in [0.5, 0.6) is 5.75 Å². The maximum atomic E-state index is 13.8. The first-order chi connectivity index (χ1) is 17.3. The van der Waals surface area contributed by atoms with Crippen molar-refractivity contribution >= 4 is 23.6 Å². The van der Waals surface area contributed by atoms with E-state index in [0.717, 1.165) is 11.1 Å². The molecule has 1 saturated heterocycles. The molecule has 0 aliphatic carbocycles. The van der Waals surface area contributed by atoms with Gasteiger partial charge in [-0.05, 0) is 65.8 Å². The molecule has 9 heteroatoms. The number of carbonyl (C=O) groups excluding carboxylic acids is 1. The lowest BCUT2D eigenvalue weighted by molar-refractivity contribution is -0.144. The normalized spacial score (nSPS) is 17.3. The van der Waals surface area contributed by atoms with Gasteiger partial charge in [0.2, 0.25) is 0 Å². The van der Waals surface area contributed by atoms with Crippen molar-refractivity contribution in [3.8, 4) is 16.9 Å². The second-order valence-electron chi connectivity index (χ2n) is 8.32. The van der Waals surface area contributed by atoms with Crippen LogP contribution in [0.25, 0.3) is 11.1 Å². The highest BCUT2D eigenvalue weighted by Crippen LogP contribution is 2.33. The summed E-state index contributed by atoms with van der Waals surface area (Å²) in [5.41, 5.74) is 2.43. The summed E-state index contributed by atoms with van der Waals surface area (Å²) in [5, 5.41) is 9.56. The molecule has 1 fully saturated rings. The molecule has 0 bridgehead atoms. The van der Waals surface area contributed by atoms with E-state index in [2.05, 4.69) is 0 Å². The van der Waals surface area contributed by atoms with Crippen molar-refractivity contribution in [2.45, 2.75) is 30.1 Å².